The second kappa shape index (κ2) is 7.48. The summed E-state index contributed by atoms with van der Waals surface area (Å²) >= 11 is 0. The number of hydrogen-bond acceptors (Lipinski definition) is 3. The lowest BCUT2D eigenvalue weighted by atomic mass is 10.0. The zero-order valence-corrected chi connectivity index (χ0v) is 11.9. The predicted octanol–water partition coefficient (Wildman–Crippen LogP) is 1.18. The maximum Gasteiger partial charge on any atom is 0.224 e. The minimum absolute atomic E-state index is 0. The molecule has 5 heteroatoms. The molecule has 1 amide bonds. The van der Waals surface area contributed by atoms with Gasteiger partial charge in [-0.15, -0.1) is 12.4 Å². The number of amides is 1. The molecule has 2 atom stereocenters. The number of rotatable bonds is 4. The molecular weight excluding hydrogens is 264 g/mol. The lowest BCUT2D eigenvalue weighted by Gasteiger charge is -2.16. The maximum atomic E-state index is 11.8. The van der Waals surface area contributed by atoms with Gasteiger partial charge < -0.3 is 15.7 Å². The maximum absolute atomic E-state index is 11.8. The zero-order chi connectivity index (χ0) is 13.0. The topological polar surface area (TPSA) is 61.4 Å². The third-order valence-electron chi connectivity index (χ3n) is 3.45. The summed E-state index contributed by atoms with van der Waals surface area (Å²) in [6.07, 6.45) is 0.247. The lowest BCUT2D eigenvalue weighted by Crippen LogP contribution is -2.34. The van der Waals surface area contributed by atoms with E-state index < -0.39 is 6.10 Å². The van der Waals surface area contributed by atoms with Crippen molar-refractivity contribution in [3.63, 3.8) is 0 Å². The van der Waals surface area contributed by atoms with Gasteiger partial charge in [-0.3, -0.25) is 4.79 Å². The molecule has 2 rings (SSSR count). The van der Waals surface area contributed by atoms with Gasteiger partial charge in [0.25, 0.3) is 0 Å². The molecule has 1 heterocycles. The van der Waals surface area contributed by atoms with E-state index in [-0.39, 0.29) is 30.8 Å². The van der Waals surface area contributed by atoms with Crippen LogP contribution in [0.2, 0.25) is 0 Å². The van der Waals surface area contributed by atoms with Gasteiger partial charge in [0.05, 0.1) is 12.0 Å². The monoisotopic (exact) mass is 284 g/mol. The van der Waals surface area contributed by atoms with Gasteiger partial charge >= 0.3 is 0 Å². The third kappa shape index (κ3) is 4.20. The number of hydrogen-bond donors (Lipinski definition) is 3. The molecule has 0 aliphatic carbocycles. The van der Waals surface area contributed by atoms with Crippen molar-refractivity contribution in [2.24, 2.45) is 5.92 Å². The van der Waals surface area contributed by atoms with Crippen LogP contribution in [0.5, 0.6) is 0 Å². The highest BCUT2D eigenvalue weighted by Gasteiger charge is 2.22. The molecule has 0 aromatic heterocycles. The van der Waals surface area contributed by atoms with E-state index in [1.807, 2.05) is 31.2 Å². The van der Waals surface area contributed by atoms with Crippen molar-refractivity contribution in [2.75, 3.05) is 19.6 Å². The summed E-state index contributed by atoms with van der Waals surface area (Å²) < 4.78 is 0. The van der Waals surface area contributed by atoms with E-state index in [0.717, 1.165) is 30.6 Å². The Kier molecular flexibility index (Phi) is 6.28. The van der Waals surface area contributed by atoms with Crippen LogP contribution in [0, 0.1) is 12.8 Å². The molecule has 1 fully saturated rings. The second-order valence-corrected chi connectivity index (χ2v) is 4.81. The molecule has 1 aliphatic heterocycles. The Bertz CT molecular complexity index is 420. The predicted molar refractivity (Wildman–Crippen MR) is 77.4 cm³/mol. The Balaban J connectivity index is 0.00000180. The minimum Gasteiger partial charge on any atom is -0.387 e. The van der Waals surface area contributed by atoms with Gasteiger partial charge in [0.1, 0.15) is 0 Å². The van der Waals surface area contributed by atoms with E-state index in [9.17, 15) is 9.90 Å². The number of benzene rings is 1. The van der Waals surface area contributed by atoms with Crippen LogP contribution in [0.3, 0.4) is 0 Å². The molecular formula is C14H21ClN2O2. The van der Waals surface area contributed by atoms with Crippen molar-refractivity contribution in [1.29, 1.82) is 0 Å². The summed E-state index contributed by atoms with van der Waals surface area (Å²) in [5, 5.41) is 16.0. The van der Waals surface area contributed by atoms with Crippen molar-refractivity contribution in [2.45, 2.75) is 19.4 Å². The zero-order valence-electron chi connectivity index (χ0n) is 11.1. The fraction of sp³-hybridized carbons (Fsp3) is 0.500. The van der Waals surface area contributed by atoms with Crippen LogP contribution in [0.1, 0.15) is 23.7 Å². The van der Waals surface area contributed by atoms with Crippen LogP contribution in [0.15, 0.2) is 24.3 Å². The summed E-state index contributed by atoms with van der Waals surface area (Å²) in [7, 11) is 0. The van der Waals surface area contributed by atoms with Gasteiger partial charge in [0.2, 0.25) is 5.91 Å². The van der Waals surface area contributed by atoms with Crippen molar-refractivity contribution in [3.05, 3.63) is 35.4 Å². The summed E-state index contributed by atoms with van der Waals surface area (Å²) in [5.41, 5.74) is 1.92. The SMILES string of the molecule is Cc1ccccc1C(O)CNC(=O)C1CCNC1.Cl. The van der Waals surface area contributed by atoms with E-state index in [1.54, 1.807) is 0 Å². The minimum atomic E-state index is -0.635. The Hall–Kier alpha value is -1.10. The first kappa shape index (κ1) is 16.0. The van der Waals surface area contributed by atoms with Crippen LogP contribution in [-0.2, 0) is 4.79 Å². The van der Waals surface area contributed by atoms with E-state index in [2.05, 4.69) is 10.6 Å². The smallest absolute Gasteiger partial charge is 0.224 e. The van der Waals surface area contributed by atoms with Crippen molar-refractivity contribution in [1.82, 2.24) is 10.6 Å². The Morgan fingerprint density at radius 3 is 2.89 bits per heavy atom. The number of carbonyl (C=O) groups excluding carboxylic acids is 1. The highest BCUT2D eigenvalue weighted by molar-refractivity contribution is 5.85. The van der Waals surface area contributed by atoms with Crippen LogP contribution >= 0.6 is 12.4 Å². The fourth-order valence-corrected chi connectivity index (χ4v) is 2.29. The Morgan fingerprint density at radius 1 is 1.53 bits per heavy atom. The molecule has 1 aromatic rings. The first-order chi connectivity index (χ1) is 8.68. The number of aryl methyl sites for hydroxylation is 1. The Morgan fingerprint density at radius 2 is 2.26 bits per heavy atom. The normalized spacial score (nSPS) is 19.6. The molecule has 3 N–H and O–H groups in total. The molecule has 106 valence electrons. The van der Waals surface area contributed by atoms with Gasteiger partial charge in [-0.2, -0.15) is 0 Å². The van der Waals surface area contributed by atoms with E-state index in [1.165, 1.54) is 0 Å². The first-order valence-electron chi connectivity index (χ1n) is 6.40. The quantitative estimate of drug-likeness (QED) is 0.778. The molecule has 1 aliphatic rings. The van der Waals surface area contributed by atoms with Crippen LogP contribution < -0.4 is 10.6 Å². The average molecular weight is 285 g/mol. The highest BCUT2D eigenvalue weighted by Crippen LogP contribution is 2.16. The highest BCUT2D eigenvalue weighted by atomic mass is 35.5. The molecule has 0 bridgehead atoms. The van der Waals surface area contributed by atoms with Gasteiger partial charge in [-0.25, -0.2) is 0 Å². The molecule has 0 radical (unpaired) electrons. The lowest BCUT2D eigenvalue weighted by molar-refractivity contribution is -0.124. The number of halogens is 1. The van der Waals surface area contributed by atoms with E-state index in [4.69, 9.17) is 0 Å². The number of aliphatic hydroxyl groups is 1. The standard InChI is InChI=1S/C14H20N2O2.ClH/c1-10-4-2-3-5-12(10)13(17)9-16-14(18)11-6-7-15-8-11;/h2-5,11,13,15,17H,6-9H2,1H3,(H,16,18);1H. The van der Waals surface area contributed by atoms with Crippen LogP contribution in [0.25, 0.3) is 0 Å². The van der Waals surface area contributed by atoms with E-state index in [0.29, 0.717) is 0 Å². The summed E-state index contributed by atoms with van der Waals surface area (Å²) in [4.78, 5) is 11.8. The molecule has 0 spiro atoms. The average Bonchev–Trinajstić information content (AvgIpc) is 2.90. The summed E-state index contributed by atoms with van der Waals surface area (Å²) in [5.74, 6) is 0.0849. The summed E-state index contributed by atoms with van der Waals surface area (Å²) in [6, 6.07) is 7.69. The Labute approximate surface area is 120 Å². The number of aliphatic hydroxyl groups excluding tert-OH is 1. The fourth-order valence-electron chi connectivity index (χ4n) is 2.29. The second-order valence-electron chi connectivity index (χ2n) is 4.81. The molecule has 2 unspecified atom stereocenters. The molecule has 4 nitrogen and oxygen atoms in total. The first-order valence-corrected chi connectivity index (χ1v) is 6.40. The molecule has 1 saturated heterocycles. The van der Waals surface area contributed by atoms with E-state index >= 15 is 0 Å². The van der Waals surface area contributed by atoms with Crippen LogP contribution in [0.4, 0.5) is 0 Å². The number of carbonyl (C=O) groups is 1. The molecule has 0 saturated carbocycles. The number of nitrogens with one attached hydrogen (secondary N) is 2. The van der Waals surface area contributed by atoms with Gasteiger partial charge in [-0.05, 0) is 31.0 Å². The molecule has 19 heavy (non-hydrogen) atoms. The third-order valence-corrected chi connectivity index (χ3v) is 3.45. The largest absolute Gasteiger partial charge is 0.387 e. The van der Waals surface area contributed by atoms with Gasteiger partial charge in [-0.1, -0.05) is 24.3 Å². The molecule has 1 aromatic carbocycles. The van der Waals surface area contributed by atoms with Gasteiger partial charge in [0, 0.05) is 13.1 Å². The summed E-state index contributed by atoms with van der Waals surface area (Å²) in [6.45, 7) is 3.88. The van der Waals surface area contributed by atoms with Crippen molar-refractivity contribution >= 4 is 18.3 Å². The van der Waals surface area contributed by atoms with Crippen molar-refractivity contribution in [3.8, 4) is 0 Å². The van der Waals surface area contributed by atoms with Crippen LogP contribution in [-0.4, -0.2) is 30.6 Å². The van der Waals surface area contributed by atoms with Gasteiger partial charge in [0.15, 0.2) is 0 Å². The van der Waals surface area contributed by atoms with Crippen molar-refractivity contribution < 1.29 is 9.90 Å².